The molecule has 62 valence electrons. The van der Waals surface area contributed by atoms with Gasteiger partial charge in [-0.15, -0.1) is 0 Å². The van der Waals surface area contributed by atoms with Crippen LogP contribution in [0.15, 0.2) is 0 Å². The Labute approximate surface area is 66.1 Å². The fourth-order valence-corrected chi connectivity index (χ4v) is 1.95. The number of esters is 1. The summed E-state index contributed by atoms with van der Waals surface area (Å²) in [4.78, 5) is 11.3. The summed E-state index contributed by atoms with van der Waals surface area (Å²) in [5, 5.41) is 3.25. The largest absolute Gasteiger partial charge is 0.465 e. The average Bonchev–Trinajstić information content (AvgIpc) is 2.36. The quantitative estimate of drug-likeness (QED) is 0.511. The molecular formula is C8H13NO2. The molecule has 0 aromatic rings. The lowest BCUT2D eigenvalue weighted by molar-refractivity contribution is -0.147. The summed E-state index contributed by atoms with van der Waals surface area (Å²) in [6, 6.07) is 0. The van der Waals surface area contributed by atoms with Gasteiger partial charge in [0.05, 0.1) is 12.0 Å². The molecule has 0 aromatic carbocycles. The molecule has 3 heteroatoms. The summed E-state index contributed by atoms with van der Waals surface area (Å²) in [6.07, 6.45) is 3.03. The van der Waals surface area contributed by atoms with Crippen molar-refractivity contribution < 1.29 is 9.53 Å². The third-order valence-electron chi connectivity index (χ3n) is 2.72. The summed E-state index contributed by atoms with van der Waals surface area (Å²) in [5.41, 5.74) is -0.141. The number of rotatable bonds is 0. The van der Waals surface area contributed by atoms with Crippen molar-refractivity contribution in [1.29, 1.82) is 0 Å². The highest BCUT2D eigenvalue weighted by Gasteiger charge is 2.44. The van der Waals surface area contributed by atoms with Crippen LogP contribution in [-0.2, 0) is 9.53 Å². The maximum absolute atomic E-state index is 11.3. The third kappa shape index (κ3) is 1.03. The molecule has 2 aliphatic rings. The van der Waals surface area contributed by atoms with E-state index in [9.17, 15) is 4.79 Å². The van der Waals surface area contributed by atoms with Crippen molar-refractivity contribution in [3.8, 4) is 0 Å². The second-order valence-electron chi connectivity index (χ2n) is 3.45. The predicted molar refractivity (Wildman–Crippen MR) is 40.1 cm³/mol. The van der Waals surface area contributed by atoms with E-state index >= 15 is 0 Å². The second kappa shape index (κ2) is 2.48. The van der Waals surface area contributed by atoms with Crippen LogP contribution in [0.3, 0.4) is 0 Å². The van der Waals surface area contributed by atoms with Gasteiger partial charge in [0.15, 0.2) is 0 Å². The summed E-state index contributed by atoms with van der Waals surface area (Å²) < 4.78 is 4.97. The minimum absolute atomic E-state index is 0.0182. The molecule has 3 nitrogen and oxygen atoms in total. The highest BCUT2D eigenvalue weighted by atomic mass is 16.5. The molecule has 1 N–H and O–H groups in total. The molecule has 2 aliphatic heterocycles. The normalized spacial score (nSPS) is 37.6. The molecule has 2 rings (SSSR count). The molecule has 0 aliphatic carbocycles. The van der Waals surface area contributed by atoms with E-state index in [1.165, 1.54) is 0 Å². The lowest BCUT2D eigenvalue weighted by atomic mass is 9.80. The Morgan fingerprint density at radius 2 is 2.36 bits per heavy atom. The minimum Gasteiger partial charge on any atom is -0.465 e. The van der Waals surface area contributed by atoms with Crippen LogP contribution in [0.2, 0.25) is 0 Å². The fourth-order valence-electron chi connectivity index (χ4n) is 1.95. The van der Waals surface area contributed by atoms with Crippen LogP contribution in [0.1, 0.15) is 19.3 Å². The first kappa shape index (κ1) is 7.10. The van der Waals surface area contributed by atoms with Crippen LogP contribution in [0.4, 0.5) is 0 Å². The Balaban J connectivity index is 2.12. The van der Waals surface area contributed by atoms with Crippen LogP contribution < -0.4 is 5.32 Å². The predicted octanol–water partition coefficient (Wildman–Crippen LogP) is 0.303. The first-order chi connectivity index (χ1) is 5.33. The third-order valence-corrected chi connectivity index (χ3v) is 2.72. The molecule has 0 aromatic heterocycles. The van der Waals surface area contributed by atoms with E-state index in [1.807, 2.05) is 0 Å². The van der Waals surface area contributed by atoms with E-state index in [1.54, 1.807) is 0 Å². The zero-order valence-corrected chi connectivity index (χ0v) is 6.56. The molecule has 0 saturated carbocycles. The molecule has 11 heavy (non-hydrogen) atoms. The molecule has 1 atom stereocenters. The smallest absolute Gasteiger partial charge is 0.313 e. The lowest BCUT2D eigenvalue weighted by Gasteiger charge is -2.29. The van der Waals surface area contributed by atoms with Gasteiger partial charge in [-0.25, -0.2) is 0 Å². The monoisotopic (exact) mass is 155 g/mol. The highest BCUT2D eigenvalue weighted by Crippen LogP contribution is 2.35. The Morgan fingerprint density at radius 3 is 2.91 bits per heavy atom. The molecule has 0 unspecified atom stereocenters. The number of carbonyl (C=O) groups is 1. The zero-order valence-electron chi connectivity index (χ0n) is 6.56. The van der Waals surface area contributed by atoms with Gasteiger partial charge in [-0.05, 0) is 25.8 Å². The van der Waals surface area contributed by atoms with Gasteiger partial charge in [0.1, 0.15) is 0 Å². The van der Waals surface area contributed by atoms with Crippen LogP contribution >= 0.6 is 0 Å². The maximum atomic E-state index is 11.3. The number of hydrogen-bond acceptors (Lipinski definition) is 3. The lowest BCUT2D eigenvalue weighted by Crippen LogP contribution is -2.42. The van der Waals surface area contributed by atoms with Crippen LogP contribution in [-0.4, -0.2) is 25.7 Å². The first-order valence-corrected chi connectivity index (χ1v) is 4.21. The number of ether oxygens (including phenoxy) is 1. The molecule has 2 fully saturated rings. The van der Waals surface area contributed by atoms with Gasteiger partial charge in [-0.1, -0.05) is 0 Å². The molecular weight excluding hydrogens is 142 g/mol. The summed E-state index contributed by atoms with van der Waals surface area (Å²) in [6.45, 7) is 2.50. The summed E-state index contributed by atoms with van der Waals surface area (Å²) >= 11 is 0. The van der Waals surface area contributed by atoms with Crippen LogP contribution in [0.5, 0.6) is 0 Å². The van der Waals surface area contributed by atoms with E-state index in [-0.39, 0.29) is 11.4 Å². The summed E-state index contributed by atoms with van der Waals surface area (Å²) in [5.74, 6) is 0.0182. The molecule has 0 radical (unpaired) electrons. The Morgan fingerprint density at radius 1 is 1.45 bits per heavy atom. The number of nitrogens with one attached hydrogen (secondary N) is 1. The van der Waals surface area contributed by atoms with Gasteiger partial charge in [-0.2, -0.15) is 0 Å². The van der Waals surface area contributed by atoms with Crippen molar-refractivity contribution in [2.24, 2.45) is 5.41 Å². The SMILES string of the molecule is O=C1OCC[C@@]12CCCNC2. The number of piperidine rings is 1. The van der Waals surface area contributed by atoms with Crippen molar-refractivity contribution >= 4 is 5.97 Å². The summed E-state index contributed by atoms with van der Waals surface area (Å²) in [7, 11) is 0. The minimum atomic E-state index is -0.141. The molecule has 0 bridgehead atoms. The van der Waals surface area contributed by atoms with Crippen molar-refractivity contribution in [2.75, 3.05) is 19.7 Å². The van der Waals surface area contributed by atoms with Gasteiger partial charge in [0, 0.05) is 6.54 Å². The average molecular weight is 155 g/mol. The second-order valence-corrected chi connectivity index (χ2v) is 3.45. The van der Waals surface area contributed by atoms with E-state index in [0.29, 0.717) is 6.61 Å². The molecule has 2 heterocycles. The van der Waals surface area contributed by atoms with Crippen LogP contribution in [0, 0.1) is 5.41 Å². The molecule has 1 spiro atoms. The Hall–Kier alpha value is -0.570. The van der Waals surface area contributed by atoms with Gasteiger partial charge in [0.2, 0.25) is 0 Å². The van der Waals surface area contributed by atoms with Gasteiger partial charge in [-0.3, -0.25) is 4.79 Å². The van der Waals surface area contributed by atoms with E-state index in [2.05, 4.69) is 5.32 Å². The van der Waals surface area contributed by atoms with E-state index < -0.39 is 0 Å². The topological polar surface area (TPSA) is 38.3 Å². The van der Waals surface area contributed by atoms with E-state index in [4.69, 9.17) is 4.74 Å². The van der Waals surface area contributed by atoms with Crippen molar-refractivity contribution in [2.45, 2.75) is 19.3 Å². The Kier molecular flexibility index (Phi) is 1.60. The van der Waals surface area contributed by atoms with Crippen molar-refractivity contribution in [3.05, 3.63) is 0 Å². The van der Waals surface area contributed by atoms with Gasteiger partial charge < -0.3 is 10.1 Å². The Bertz CT molecular complexity index is 173. The molecule has 0 amide bonds. The first-order valence-electron chi connectivity index (χ1n) is 4.21. The van der Waals surface area contributed by atoms with Crippen molar-refractivity contribution in [3.63, 3.8) is 0 Å². The van der Waals surface area contributed by atoms with Gasteiger partial charge in [0.25, 0.3) is 0 Å². The fraction of sp³-hybridized carbons (Fsp3) is 0.875. The van der Waals surface area contributed by atoms with Gasteiger partial charge >= 0.3 is 5.97 Å². The zero-order chi connectivity index (χ0) is 7.73. The molecule has 2 saturated heterocycles. The standard InChI is InChI=1S/C8H13NO2/c10-7-8(3-5-11-7)2-1-4-9-6-8/h9H,1-6H2/t8-/m1/s1. The number of hydrogen-bond donors (Lipinski definition) is 1. The number of carbonyl (C=O) groups excluding carboxylic acids is 1. The van der Waals surface area contributed by atoms with Crippen LogP contribution in [0.25, 0.3) is 0 Å². The number of cyclic esters (lactones) is 1. The van der Waals surface area contributed by atoms with E-state index in [0.717, 1.165) is 32.4 Å². The van der Waals surface area contributed by atoms with Crippen molar-refractivity contribution in [1.82, 2.24) is 5.32 Å². The maximum Gasteiger partial charge on any atom is 0.313 e. The highest BCUT2D eigenvalue weighted by molar-refractivity contribution is 5.79.